The number of carbonyl (C=O) groups is 3. The molecule has 0 aromatic carbocycles. The van der Waals surface area contributed by atoms with E-state index in [-0.39, 0.29) is 5.91 Å². The van der Waals surface area contributed by atoms with Gasteiger partial charge in [-0.1, -0.05) is 39.0 Å². The van der Waals surface area contributed by atoms with Crippen LogP contribution in [0.25, 0.3) is 0 Å². The van der Waals surface area contributed by atoms with E-state index in [9.17, 15) is 14.4 Å². The van der Waals surface area contributed by atoms with Gasteiger partial charge in [-0.05, 0) is 13.3 Å². The smallest absolute Gasteiger partial charge is 0.277 e. The van der Waals surface area contributed by atoms with Crippen molar-refractivity contribution in [3.05, 3.63) is 0 Å². The van der Waals surface area contributed by atoms with Crippen LogP contribution in [-0.2, 0) is 9.59 Å². The molecule has 1 N–H and O–H groups in total. The lowest BCUT2D eigenvalue weighted by atomic mass is 10.1. The molecule has 0 radical (unpaired) electrons. The number of hydrogen-bond acceptors (Lipinski definition) is 3. The predicted octanol–water partition coefficient (Wildman–Crippen LogP) is 2.06. The van der Waals surface area contributed by atoms with Gasteiger partial charge >= 0.3 is 6.03 Å². The van der Waals surface area contributed by atoms with Crippen molar-refractivity contribution in [3.63, 3.8) is 0 Å². The highest BCUT2D eigenvalue weighted by molar-refractivity contribution is 6.15. The van der Waals surface area contributed by atoms with E-state index in [1.165, 1.54) is 26.2 Å². The van der Waals surface area contributed by atoms with Crippen molar-refractivity contribution < 1.29 is 14.4 Å². The number of amides is 4. The quantitative estimate of drug-likeness (QED) is 0.558. The molecule has 1 atom stereocenters. The first-order chi connectivity index (χ1) is 8.57. The highest BCUT2D eigenvalue weighted by Gasteiger charge is 2.36. The molecule has 0 aromatic heterocycles. The Morgan fingerprint density at radius 3 is 2.33 bits per heavy atom. The number of rotatable bonds is 7. The minimum Gasteiger partial charge on any atom is -0.277 e. The van der Waals surface area contributed by atoms with Gasteiger partial charge in [0.05, 0.1) is 0 Å². The standard InChI is InChI=1S/C13H22N2O3/c1-3-4-5-6-7-8-9-15-12(17)10(2)11(16)14-13(15)18/h10H,3-9H2,1-2H3,(H,14,16,18). The molecule has 1 rings (SSSR count). The molecule has 102 valence electrons. The zero-order valence-electron chi connectivity index (χ0n) is 11.2. The maximum absolute atomic E-state index is 11.8. The van der Waals surface area contributed by atoms with Crippen LogP contribution >= 0.6 is 0 Å². The first-order valence-corrected chi connectivity index (χ1v) is 6.74. The number of hydrogen-bond donors (Lipinski definition) is 1. The normalized spacial score (nSPS) is 20.2. The number of imide groups is 2. The highest BCUT2D eigenvalue weighted by Crippen LogP contribution is 2.12. The Morgan fingerprint density at radius 2 is 1.67 bits per heavy atom. The minimum absolute atomic E-state index is 0.377. The number of urea groups is 1. The van der Waals surface area contributed by atoms with Crippen LogP contribution in [0.4, 0.5) is 4.79 Å². The molecule has 1 saturated heterocycles. The third-order valence-electron chi connectivity index (χ3n) is 3.24. The molecule has 1 aliphatic rings. The van der Waals surface area contributed by atoms with Crippen LogP contribution < -0.4 is 5.32 Å². The fourth-order valence-electron chi connectivity index (χ4n) is 1.99. The molecule has 0 saturated carbocycles. The van der Waals surface area contributed by atoms with Crippen molar-refractivity contribution in [2.45, 2.75) is 52.4 Å². The molecule has 0 aromatic rings. The second-order valence-electron chi connectivity index (χ2n) is 4.77. The van der Waals surface area contributed by atoms with Gasteiger partial charge in [0.1, 0.15) is 5.92 Å². The van der Waals surface area contributed by atoms with Gasteiger partial charge in [0.25, 0.3) is 0 Å². The molecule has 1 unspecified atom stereocenters. The van der Waals surface area contributed by atoms with Crippen LogP contribution in [0.3, 0.4) is 0 Å². The van der Waals surface area contributed by atoms with Gasteiger partial charge < -0.3 is 0 Å². The molecule has 0 aliphatic carbocycles. The lowest BCUT2D eigenvalue weighted by Gasteiger charge is -2.28. The van der Waals surface area contributed by atoms with Gasteiger partial charge in [0, 0.05) is 6.54 Å². The number of barbiturate groups is 1. The van der Waals surface area contributed by atoms with E-state index >= 15 is 0 Å². The summed E-state index contributed by atoms with van der Waals surface area (Å²) in [6.07, 6.45) is 6.59. The van der Waals surface area contributed by atoms with Crippen LogP contribution in [0.1, 0.15) is 52.4 Å². The topological polar surface area (TPSA) is 66.5 Å². The molecule has 1 heterocycles. The van der Waals surface area contributed by atoms with Crippen molar-refractivity contribution >= 4 is 17.8 Å². The lowest BCUT2D eigenvalue weighted by Crippen LogP contribution is -2.57. The summed E-state index contributed by atoms with van der Waals surface area (Å²) < 4.78 is 0. The van der Waals surface area contributed by atoms with Gasteiger partial charge in [0.2, 0.25) is 11.8 Å². The Hall–Kier alpha value is -1.39. The Bertz CT molecular complexity index is 328. The molecule has 0 bridgehead atoms. The zero-order chi connectivity index (χ0) is 13.5. The van der Waals surface area contributed by atoms with Crippen LogP contribution in [0.15, 0.2) is 0 Å². The van der Waals surface area contributed by atoms with Crippen LogP contribution in [0, 0.1) is 5.92 Å². The van der Waals surface area contributed by atoms with Crippen molar-refractivity contribution in [1.82, 2.24) is 10.2 Å². The fraction of sp³-hybridized carbons (Fsp3) is 0.769. The monoisotopic (exact) mass is 254 g/mol. The van der Waals surface area contributed by atoms with Gasteiger partial charge in [0.15, 0.2) is 0 Å². The molecule has 1 aliphatic heterocycles. The summed E-state index contributed by atoms with van der Waals surface area (Å²) in [5, 5.41) is 2.20. The van der Waals surface area contributed by atoms with E-state index in [1.807, 2.05) is 0 Å². The van der Waals surface area contributed by atoms with Gasteiger partial charge in [-0.25, -0.2) is 4.79 Å². The molecule has 1 fully saturated rings. The van der Waals surface area contributed by atoms with Crippen molar-refractivity contribution in [2.75, 3.05) is 6.54 Å². The summed E-state index contributed by atoms with van der Waals surface area (Å²) >= 11 is 0. The van der Waals surface area contributed by atoms with Gasteiger partial charge in [-0.2, -0.15) is 0 Å². The largest absolute Gasteiger partial charge is 0.330 e. The lowest BCUT2D eigenvalue weighted by molar-refractivity contribution is -0.141. The molecule has 4 amide bonds. The summed E-state index contributed by atoms with van der Waals surface area (Å²) in [6, 6.07) is -0.573. The molecule has 5 nitrogen and oxygen atoms in total. The second kappa shape index (κ2) is 7.13. The van der Waals surface area contributed by atoms with Gasteiger partial charge in [-0.3, -0.25) is 19.8 Å². The molecule has 5 heteroatoms. The highest BCUT2D eigenvalue weighted by atomic mass is 16.2. The molecule has 18 heavy (non-hydrogen) atoms. The van der Waals surface area contributed by atoms with E-state index < -0.39 is 17.9 Å². The fourth-order valence-corrected chi connectivity index (χ4v) is 1.99. The summed E-state index contributed by atoms with van der Waals surface area (Å²) in [6.45, 7) is 4.10. The Morgan fingerprint density at radius 1 is 1.06 bits per heavy atom. The first kappa shape index (κ1) is 14.7. The zero-order valence-corrected chi connectivity index (χ0v) is 11.2. The predicted molar refractivity (Wildman–Crippen MR) is 67.8 cm³/mol. The maximum atomic E-state index is 11.8. The average Bonchev–Trinajstić information content (AvgIpc) is 2.34. The Labute approximate surface area is 108 Å². The SMILES string of the molecule is CCCCCCCCN1C(=O)NC(=O)C(C)C1=O. The third kappa shape index (κ3) is 3.82. The van der Waals surface area contributed by atoms with Crippen LogP contribution in [0.5, 0.6) is 0 Å². The number of nitrogens with one attached hydrogen (secondary N) is 1. The summed E-state index contributed by atoms with van der Waals surface area (Å²) in [5.74, 6) is -1.62. The van der Waals surface area contributed by atoms with Crippen LogP contribution in [-0.4, -0.2) is 29.3 Å². The van der Waals surface area contributed by atoms with Crippen LogP contribution in [0.2, 0.25) is 0 Å². The maximum Gasteiger partial charge on any atom is 0.330 e. The summed E-state index contributed by atoms with van der Waals surface area (Å²) in [5.41, 5.74) is 0. The number of unbranched alkanes of at least 4 members (excludes halogenated alkanes) is 5. The second-order valence-corrected chi connectivity index (χ2v) is 4.77. The van der Waals surface area contributed by atoms with E-state index in [0.717, 1.165) is 24.2 Å². The molecular weight excluding hydrogens is 232 g/mol. The molecular formula is C13H22N2O3. The van der Waals surface area contributed by atoms with Crippen molar-refractivity contribution in [2.24, 2.45) is 5.92 Å². The number of carbonyl (C=O) groups excluding carboxylic acids is 3. The molecule has 0 spiro atoms. The van der Waals surface area contributed by atoms with E-state index in [0.29, 0.717) is 6.54 Å². The Balaban J connectivity index is 2.30. The van der Waals surface area contributed by atoms with Crippen molar-refractivity contribution in [3.8, 4) is 0 Å². The third-order valence-corrected chi connectivity index (χ3v) is 3.24. The summed E-state index contributed by atoms with van der Waals surface area (Å²) in [7, 11) is 0. The van der Waals surface area contributed by atoms with E-state index in [2.05, 4.69) is 12.2 Å². The summed E-state index contributed by atoms with van der Waals surface area (Å²) in [4.78, 5) is 35.6. The van der Waals surface area contributed by atoms with Crippen molar-refractivity contribution in [1.29, 1.82) is 0 Å². The van der Waals surface area contributed by atoms with Gasteiger partial charge in [-0.15, -0.1) is 0 Å². The average molecular weight is 254 g/mol. The van der Waals surface area contributed by atoms with E-state index in [1.54, 1.807) is 0 Å². The number of nitrogens with zero attached hydrogens (tertiary/aromatic N) is 1. The first-order valence-electron chi connectivity index (χ1n) is 6.74. The minimum atomic E-state index is -0.747. The Kier molecular flexibility index (Phi) is 5.82. The van der Waals surface area contributed by atoms with E-state index in [4.69, 9.17) is 0 Å².